The molecule has 13 heteroatoms. The van der Waals surface area contributed by atoms with E-state index in [1.807, 2.05) is 13.8 Å². The highest BCUT2D eigenvalue weighted by atomic mass is 16.4. The van der Waals surface area contributed by atoms with Crippen LogP contribution in [0.25, 0.3) is 0 Å². The van der Waals surface area contributed by atoms with Crippen LogP contribution in [0, 0.1) is 5.92 Å². The van der Waals surface area contributed by atoms with Gasteiger partial charge in [0.15, 0.2) is 0 Å². The Bertz CT molecular complexity index is 867. The molecule has 0 saturated carbocycles. The highest BCUT2D eigenvalue weighted by Crippen LogP contribution is 2.09. The van der Waals surface area contributed by atoms with Gasteiger partial charge in [0.25, 0.3) is 0 Å². The molecule has 13 nitrogen and oxygen atoms in total. The molecular formula is C21H33N7O6. The molecular weight excluding hydrogens is 446 g/mol. The third kappa shape index (κ3) is 8.46. The van der Waals surface area contributed by atoms with Gasteiger partial charge in [0.1, 0.15) is 18.1 Å². The van der Waals surface area contributed by atoms with E-state index in [1.165, 1.54) is 12.5 Å². The van der Waals surface area contributed by atoms with E-state index >= 15 is 0 Å². The van der Waals surface area contributed by atoms with Crippen molar-refractivity contribution in [3.8, 4) is 0 Å². The molecule has 1 fully saturated rings. The molecule has 188 valence electrons. The van der Waals surface area contributed by atoms with Crippen molar-refractivity contribution in [2.45, 2.75) is 70.1 Å². The van der Waals surface area contributed by atoms with E-state index in [0.717, 1.165) is 6.42 Å². The zero-order chi connectivity index (χ0) is 25.3. The number of aromatic nitrogens is 2. The molecule has 1 aromatic rings. The maximum absolute atomic E-state index is 12.9. The van der Waals surface area contributed by atoms with E-state index in [9.17, 15) is 29.1 Å². The van der Waals surface area contributed by atoms with E-state index in [1.54, 1.807) is 0 Å². The summed E-state index contributed by atoms with van der Waals surface area (Å²) in [6, 6.07) is -4.09. The summed E-state index contributed by atoms with van der Waals surface area (Å²) in [4.78, 5) is 68.1. The lowest BCUT2D eigenvalue weighted by Gasteiger charge is -2.25. The normalized spacial score (nSPS) is 18.0. The molecule has 0 bridgehead atoms. The number of rotatable bonds is 13. The molecule has 2 heterocycles. The summed E-state index contributed by atoms with van der Waals surface area (Å²) in [5, 5.41) is 20.0. The topological polar surface area (TPSA) is 208 Å². The number of carbonyl (C=O) groups excluding carboxylic acids is 4. The highest BCUT2D eigenvalue weighted by Gasteiger charge is 2.32. The minimum atomic E-state index is -1.27. The van der Waals surface area contributed by atoms with Gasteiger partial charge in [-0.3, -0.25) is 19.2 Å². The van der Waals surface area contributed by atoms with Gasteiger partial charge in [-0.15, -0.1) is 0 Å². The minimum absolute atomic E-state index is 0.0289. The number of hydrogen-bond donors (Lipinski definition) is 7. The molecule has 1 aliphatic rings. The van der Waals surface area contributed by atoms with Gasteiger partial charge < -0.3 is 37.1 Å². The molecule has 0 aliphatic carbocycles. The van der Waals surface area contributed by atoms with Crippen LogP contribution in [0.5, 0.6) is 0 Å². The Hall–Kier alpha value is -3.48. The molecule has 34 heavy (non-hydrogen) atoms. The molecule has 8 N–H and O–H groups in total. The summed E-state index contributed by atoms with van der Waals surface area (Å²) in [5.41, 5.74) is 5.77. The van der Waals surface area contributed by atoms with E-state index in [4.69, 9.17) is 5.73 Å². The van der Waals surface area contributed by atoms with Crippen molar-refractivity contribution in [2.24, 2.45) is 11.7 Å². The van der Waals surface area contributed by atoms with Crippen LogP contribution in [0.3, 0.4) is 0 Å². The SMILES string of the molecule is CC(C)CC(NC(=O)C(CC(N)=O)NC(=O)C1CCCN1)C(=O)NC(Cc1cnc[nH]1)C(=O)O. The Morgan fingerprint density at radius 1 is 1.12 bits per heavy atom. The first-order valence-corrected chi connectivity index (χ1v) is 11.2. The van der Waals surface area contributed by atoms with Crippen molar-refractivity contribution in [1.29, 1.82) is 0 Å². The zero-order valence-electron chi connectivity index (χ0n) is 19.3. The largest absolute Gasteiger partial charge is 0.480 e. The monoisotopic (exact) mass is 479 g/mol. The second kappa shape index (κ2) is 12.7. The summed E-state index contributed by atoms with van der Waals surface area (Å²) >= 11 is 0. The Labute approximate surface area is 197 Å². The van der Waals surface area contributed by atoms with Gasteiger partial charge in [-0.2, -0.15) is 0 Å². The van der Waals surface area contributed by atoms with Gasteiger partial charge in [-0.05, 0) is 31.7 Å². The number of hydrogen-bond acceptors (Lipinski definition) is 7. The Balaban J connectivity index is 2.10. The van der Waals surface area contributed by atoms with Gasteiger partial charge in [0.05, 0.1) is 18.8 Å². The summed E-state index contributed by atoms with van der Waals surface area (Å²) in [6.45, 7) is 4.34. The maximum atomic E-state index is 12.9. The number of primary amides is 1. The average Bonchev–Trinajstić information content (AvgIpc) is 3.45. The van der Waals surface area contributed by atoms with Crippen LogP contribution in [0.1, 0.15) is 45.2 Å². The Morgan fingerprint density at radius 2 is 1.79 bits per heavy atom. The number of imidazole rings is 1. The average molecular weight is 480 g/mol. The van der Waals surface area contributed by atoms with Crippen LogP contribution >= 0.6 is 0 Å². The van der Waals surface area contributed by atoms with Gasteiger partial charge in [-0.1, -0.05) is 13.8 Å². The predicted molar refractivity (Wildman–Crippen MR) is 120 cm³/mol. The number of aromatic amines is 1. The summed E-state index contributed by atoms with van der Waals surface area (Å²) in [6.07, 6.45) is 3.98. The van der Waals surface area contributed by atoms with Gasteiger partial charge in [0.2, 0.25) is 23.6 Å². The van der Waals surface area contributed by atoms with Crippen molar-refractivity contribution in [1.82, 2.24) is 31.2 Å². The van der Waals surface area contributed by atoms with Crippen LogP contribution in [0.4, 0.5) is 0 Å². The molecule has 0 radical (unpaired) electrons. The molecule has 0 aromatic carbocycles. The fourth-order valence-electron chi connectivity index (χ4n) is 3.65. The number of H-pyrrole nitrogens is 1. The molecule has 1 saturated heterocycles. The molecule has 1 aliphatic heterocycles. The van der Waals surface area contributed by atoms with Crippen LogP contribution in [0.15, 0.2) is 12.5 Å². The number of carboxylic acid groups (broad SMARTS) is 1. The number of amides is 4. The lowest BCUT2D eigenvalue weighted by Crippen LogP contribution is -2.58. The molecule has 4 atom stereocenters. The van der Waals surface area contributed by atoms with Crippen molar-refractivity contribution in [3.63, 3.8) is 0 Å². The van der Waals surface area contributed by atoms with Gasteiger partial charge in [0, 0.05) is 18.3 Å². The quantitative estimate of drug-likeness (QED) is 0.171. The first kappa shape index (κ1) is 26.8. The molecule has 2 rings (SSSR count). The third-order valence-corrected chi connectivity index (χ3v) is 5.35. The van der Waals surface area contributed by atoms with E-state index in [-0.39, 0.29) is 18.8 Å². The number of carbonyl (C=O) groups is 5. The number of nitrogens with two attached hydrogens (primary N) is 1. The van der Waals surface area contributed by atoms with Crippen LogP contribution in [-0.4, -0.2) is 75.4 Å². The summed E-state index contributed by atoms with van der Waals surface area (Å²) in [7, 11) is 0. The highest BCUT2D eigenvalue weighted by molar-refractivity contribution is 5.96. The minimum Gasteiger partial charge on any atom is -0.480 e. The molecule has 4 amide bonds. The Kier molecular flexibility index (Phi) is 9.98. The number of aliphatic carboxylic acids is 1. The summed E-state index contributed by atoms with van der Waals surface area (Å²) < 4.78 is 0. The van der Waals surface area contributed by atoms with E-state index < -0.39 is 60.2 Å². The van der Waals surface area contributed by atoms with E-state index in [2.05, 4.69) is 31.2 Å². The smallest absolute Gasteiger partial charge is 0.326 e. The van der Waals surface area contributed by atoms with Crippen LogP contribution < -0.4 is 27.0 Å². The van der Waals surface area contributed by atoms with Gasteiger partial charge >= 0.3 is 5.97 Å². The molecule has 1 aromatic heterocycles. The standard InChI is InChI=1S/C21H33N7O6/c1-11(2)6-14(19(31)28-16(21(33)34)7-12-9-23-10-25-12)26-20(32)15(8-17(22)29)27-18(30)13-4-3-5-24-13/h9-11,13-16,24H,3-8H2,1-2H3,(H2,22,29)(H,23,25)(H,26,32)(H,27,30)(H,28,31)(H,33,34). The fourth-order valence-corrected chi connectivity index (χ4v) is 3.65. The fraction of sp³-hybridized carbons (Fsp3) is 0.619. The lowest BCUT2D eigenvalue weighted by atomic mass is 10.0. The third-order valence-electron chi connectivity index (χ3n) is 5.35. The Morgan fingerprint density at radius 3 is 2.32 bits per heavy atom. The zero-order valence-corrected chi connectivity index (χ0v) is 19.3. The molecule has 0 spiro atoms. The predicted octanol–water partition coefficient (Wildman–Crippen LogP) is -1.84. The maximum Gasteiger partial charge on any atom is 0.326 e. The number of carboxylic acids is 1. The summed E-state index contributed by atoms with van der Waals surface area (Å²) in [5.74, 6) is -3.97. The number of nitrogens with zero attached hydrogens (tertiary/aromatic N) is 1. The van der Waals surface area contributed by atoms with Crippen molar-refractivity contribution in [2.75, 3.05) is 6.54 Å². The first-order chi connectivity index (χ1) is 16.1. The van der Waals surface area contributed by atoms with Crippen molar-refractivity contribution in [3.05, 3.63) is 18.2 Å². The van der Waals surface area contributed by atoms with Crippen LogP contribution in [0.2, 0.25) is 0 Å². The van der Waals surface area contributed by atoms with Crippen molar-refractivity contribution < 1.29 is 29.1 Å². The van der Waals surface area contributed by atoms with Crippen molar-refractivity contribution >= 4 is 29.6 Å². The van der Waals surface area contributed by atoms with E-state index in [0.29, 0.717) is 18.7 Å². The van der Waals surface area contributed by atoms with Gasteiger partial charge in [-0.25, -0.2) is 9.78 Å². The lowest BCUT2D eigenvalue weighted by molar-refractivity contribution is -0.142. The second-order valence-corrected chi connectivity index (χ2v) is 8.75. The molecule has 4 unspecified atom stereocenters. The first-order valence-electron chi connectivity index (χ1n) is 11.2. The van der Waals surface area contributed by atoms with Crippen LogP contribution in [-0.2, 0) is 30.4 Å². The number of nitrogens with one attached hydrogen (secondary N) is 5. The second-order valence-electron chi connectivity index (χ2n) is 8.75.